The molecule has 1 unspecified atom stereocenters. The highest BCUT2D eigenvalue weighted by Crippen LogP contribution is 2.26. The van der Waals surface area contributed by atoms with Gasteiger partial charge in [-0.05, 0) is 5.56 Å². The van der Waals surface area contributed by atoms with Gasteiger partial charge in [-0.25, -0.2) is 0 Å². The molecule has 0 bridgehead atoms. The van der Waals surface area contributed by atoms with E-state index in [-0.39, 0.29) is 17.6 Å². The fourth-order valence-corrected chi connectivity index (χ4v) is 1.30. The Morgan fingerprint density at radius 2 is 2.00 bits per heavy atom. The molecule has 0 radical (unpaired) electrons. The number of cyclic esters (lactones) is 1. The number of carbonyl (C=O) groups excluding carboxylic acids is 1. The third-order valence-corrected chi connectivity index (χ3v) is 2.18. The maximum Gasteiger partial charge on any atom is 0.316 e. The van der Waals surface area contributed by atoms with Gasteiger partial charge in [-0.1, -0.05) is 12.1 Å². The molecule has 0 N–H and O–H groups in total. The van der Waals surface area contributed by atoms with Gasteiger partial charge in [0.1, 0.15) is 12.5 Å². The topological polar surface area (TPSA) is 69.4 Å². The predicted octanol–water partition coefficient (Wildman–Crippen LogP) is 1.24. The van der Waals surface area contributed by atoms with Crippen LogP contribution in [0.1, 0.15) is 11.5 Å². The lowest BCUT2D eigenvalue weighted by Gasteiger charge is -2.24. The number of carbonyl (C=O) groups is 1. The van der Waals surface area contributed by atoms with E-state index in [0.717, 1.165) is 5.56 Å². The first kappa shape index (κ1) is 8.68. The number of esters is 1. The number of hydrogen-bond donors (Lipinski definition) is 0. The van der Waals surface area contributed by atoms with E-state index in [0.29, 0.717) is 6.61 Å². The van der Waals surface area contributed by atoms with Gasteiger partial charge in [0, 0.05) is 12.1 Å². The van der Waals surface area contributed by atoms with Crippen molar-refractivity contribution in [3.63, 3.8) is 0 Å². The molecule has 1 heterocycles. The van der Waals surface area contributed by atoms with Gasteiger partial charge in [0.15, 0.2) is 0 Å². The first-order chi connectivity index (χ1) is 6.68. The molecule has 1 aliphatic heterocycles. The number of ether oxygens (including phenoxy) is 1. The Kier molecular flexibility index (Phi) is 1.92. The Labute approximate surface area is 79.4 Å². The number of rotatable bonds is 2. The van der Waals surface area contributed by atoms with Crippen LogP contribution in [-0.4, -0.2) is 17.5 Å². The molecule has 0 saturated carbocycles. The first-order valence-corrected chi connectivity index (χ1v) is 4.09. The summed E-state index contributed by atoms with van der Waals surface area (Å²) >= 11 is 0. The fraction of sp³-hybridized carbons (Fsp3) is 0.222. The molecule has 72 valence electrons. The second-order valence-corrected chi connectivity index (χ2v) is 3.03. The number of nitro benzene ring substituents is 1. The molecule has 1 aromatic carbocycles. The van der Waals surface area contributed by atoms with Gasteiger partial charge in [0.05, 0.1) is 4.92 Å². The lowest BCUT2D eigenvalue weighted by molar-refractivity contribution is -0.384. The summed E-state index contributed by atoms with van der Waals surface area (Å²) in [5.41, 5.74) is 0.799. The molecule has 5 heteroatoms. The molecule has 1 aliphatic rings. The Hall–Kier alpha value is -1.91. The SMILES string of the molecule is O=C1OCC1c1ccc([N+](=O)[O-])cc1. The maximum atomic E-state index is 10.9. The Bertz CT molecular complexity index is 384. The molecule has 2 rings (SSSR count). The summed E-state index contributed by atoms with van der Waals surface area (Å²) in [6.07, 6.45) is 0. The number of non-ortho nitro benzene ring substituents is 1. The van der Waals surface area contributed by atoms with Crippen LogP contribution in [0.2, 0.25) is 0 Å². The third-order valence-electron chi connectivity index (χ3n) is 2.18. The number of hydrogen-bond acceptors (Lipinski definition) is 4. The van der Waals surface area contributed by atoms with E-state index in [1.165, 1.54) is 12.1 Å². The summed E-state index contributed by atoms with van der Waals surface area (Å²) in [6.45, 7) is 0.372. The van der Waals surface area contributed by atoms with Gasteiger partial charge in [-0.2, -0.15) is 0 Å². The first-order valence-electron chi connectivity index (χ1n) is 4.09. The van der Waals surface area contributed by atoms with Gasteiger partial charge in [0.2, 0.25) is 0 Å². The standard InChI is InChI=1S/C9H7NO4/c11-9-8(5-14-9)6-1-3-7(4-2-6)10(12)13/h1-4,8H,5H2. The van der Waals surface area contributed by atoms with Crippen molar-refractivity contribution in [2.24, 2.45) is 0 Å². The fourth-order valence-electron chi connectivity index (χ4n) is 1.30. The quantitative estimate of drug-likeness (QED) is 0.402. The van der Waals surface area contributed by atoms with E-state index in [4.69, 9.17) is 0 Å². The summed E-state index contributed by atoms with van der Waals surface area (Å²) < 4.78 is 4.60. The third kappa shape index (κ3) is 1.32. The second kappa shape index (κ2) is 3.10. The van der Waals surface area contributed by atoms with Crippen LogP contribution < -0.4 is 0 Å². The number of benzene rings is 1. The highest BCUT2D eigenvalue weighted by molar-refractivity contribution is 5.83. The van der Waals surface area contributed by atoms with Crippen LogP contribution >= 0.6 is 0 Å². The normalized spacial score (nSPS) is 19.7. The van der Waals surface area contributed by atoms with Crippen LogP contribution in [0.3, 0.4) is 0 Å². The monoisotopic (exact) mass is 193 g/mol. The molecule has 1 fully saturated rings. The van der Waals surface area contributed by atoms with E-state index in [1.807, 2.05) is 0 Å². The van der Waals surface area contributed by atoms with Crippen LogP contribution in [0.5, 0.6) is 0 Å². The average Bonchev–Trinajstić information content (AvgIpc) is 2.16. The lowest BCUT2D eigenvalue weighted by atomic mass is 9.97. The van der Waals surface area contributed by atoms with Crippen LogP contribution in [-0.2, 0) is 9.53 Å². The minimum absolute atomic E-state index is 0.0291. The van der Waals surface area contributed by atoms with Crippen molar-refractivity contribution in [1.29, 1.82) is 0 Å². The van der Waals surface area contributed by atoms with E-state index in [1.54, 1.807) is 12.1 Å². The van der Waals surface area contributed by atoms with Crippen LogP contribution in [0.4, 0.5) is 5.69 Å². The molecule has 1 atom stereocenters. The number of nitro groups is 1. The molecule has 1 aromatic rings. The summed E-state index contributed by atoms with van der Waals surface area (Å²) in [5.74, 6) is -0.505. The van der Waals surface area contributed by atoms with Crippen molar-refractivity contribution in [2.75, 3.05) is 6.61 Å². The van der Waals surface area contributed by atoms with Crippen molar-refractivity contribution < 1.29 is 14.5 Å². The summed E-state index contributed by atoms with van der Waals surface area (Å²) in [6, 6.07) is 5.95. The minimum atomic E-state index is -0.469. The van der Waals surface area contributed by atoms with Gasteiger partial charge in [-0.15, -0.1) is 0 Å². The predicted molar refractivity (Wildman–Crippen MR) is 46.8 cm³/mol. The largest absolute Gasteiger partial charge is 0.464 e. The van der Waals surface area contributed by atoms with Crippen molar-refractivity contribution in [3.8, 4) is 0 Å². The molecule has 0 aromatic heterocycles. The smallest absolute Gasteiger partial charge is 0.316 e. The highest BCUT2D eigenvalue weighted by atomic mass is 16.6. The highest BCUT2D eigenvalue weighted by Gasteiger charge is 2.32. The van der Waals surface area contributed by atoms with Gasteiger partial charge in [0.25, 0.3) is 5.69 Å². The Balaban J connectivity index is 2.21. The molecule has 0 aliphatic carbocycles. The summed E-state index contributed by atoms with van der Waals surface area (Å²) in [4.78, 5) is 20.8. The lowest BCUT2D eigenvalue weighted by Crippen LogP contribution is -2.32. The van der Waals surface area contributed by atoms with Crippen molar-refractivity contribution in [1.82, 2.24) is 0 Å². The molecular formula is C9H7NO4. The zero-order valence-corrected chi connectivity index (χ0v) is 7.17. The van der Waals surface area contributed by atoms with Crippen molar-refractivity contribution in [2.45, 2.75) is 5.92 Å². The minimum Gasteiger partial charge on any atom is -0.464 e. The summed E-state index contributed by atoms with van der Waals surface area (Å²) in [7, 11) is 0. The van der Waals surface area contributed by atoms with Gasteiger partial charge >= 0.3 is 5.97 Å². The zero-order chi connectivity index (χ0) is 10.1. The van der Waals surface area contributed by atoms with Gasteiger partial charge < -0.3 is 4.74 Å². The van der Waals surface area contributed by atoms with E-state index >= 15 is 0 Å². The van der Waals surface area contributed by atoms with E-state index in [2.05, 4.69) is 4.74 Å². The van der Waals surface area contributed by atoms with Crippen molar-refractivity contribution >= 4 is 11.7 Å². The van der Waals surface area contributed by atoms with Crippen molar-refractivity contribution in [3.05, 3.63) is 39.9 Å². The molecule has 0 amide bonds. The second-order valence-electron chi connectivity index (χ2n) is 3.03. The van der Waals surface area contributed by atoms with Crippen LogP contribution in [0, 0.1) is 10.1 Å². The summed E-state index contributed by atoms with van der Waals surface area (Å²) in [5, 5.41) is 10.3. The zero-order valence-electron chi connectivity index (χ0n) is 7.17. The van der Waals surface area contributed by atoms with Gasteiger partial charge in [-0.3, -0.25) is 14.9 Å². The van der Waals surface area contributed by atoms with E-state index in [9.17, 15) is 14.9 Å². The molecule has 14 heavy (non-hydrogen) atoms. The van der Waals surface area contributed by atoms with Crippen LogP contribution in [0.15, 0.2) is 24.3 Å². The van der Waals surface area contributed by atoms with E-state index < -0.39 is 4.92 Å². The maximum absolute atomic E-state index is 10.9. The molecule has 1 saturated heterocycles. The molecule has 0 spiro atoms. The Morgan fingerprint density at radius 3 is 2.36 bits per heavy atom. The molecule has 5 nitrogen and oxygen atoms in total. The molecular weight excluding hydrogens is 186 g/mol. The Morgan fingerprint density at radius 1 is 1.36 bits per heavy atom. The number of nitrogens with zero attached hydrogens (tertiary/aromatic N) is 1. The average molecular weight is 193 g/mol. The van der Waals surface area contributed by atoms with Crippen LogP contribution in [0.25, 0.3) is 0 Å².